The van der Waals surface area contributed by atoms with E-state index in [-0.39, 0.29) is 17.2 Å². The molecule has 2 aliphatic rings. The van der Waals surface area contributed by atoms with Gasteiger partial charge in [0.15, 0.2) is 0 Å². The molecule has 0 radical (unpaired) electrons. The van der Waals surface area contributed by atoms with Gasteiger partial charge in [0.2, 0.25) is 0 Å². The van der Waals surface area contributed by atoms with Gasteiger partial charge in [-0.25, -0.2) is 18.6 Å². The maximum atomic E-state index is 14.0. The first-order chi connectivity index (χ1) is 16.9. The molecule has 0 spiro atoms. The third-order valence-electron chi connectivity index (χ3n) is 6.64. The maximum absolute atomic E-state index is 14.0. The molecular weight excluding hydrogens is 469 g/mol. The van der Waals surface area contributed by atoms with Crippen LogP contribution in [0.5, 0.6) is 5.75 Å². The Morgan fingerprint density at radius 1 is 1.11 bits per heavy atom. The van der Waals surface area contributed by atoms with E-state index < -0.39 is 9.73 Å². The van der Waals surface area contributed by atoms with Gasteiger partial charge in [0.25, 0.3) is 0 Å². The number of hydrogen-bond donors (Lipinski definition) is 0. The summed E-state index contributed by atoms with van der Waals surface area (Å²) in [6.45, 7) is 4.39. The summed E-state index contributed by atoms with van der Waals surface area (Å²) in [5.74, 6) is 0.170. The van der Waals surface area contributed by atoms with Crippen molar-refractivity contribution in [2.24, 2.45) is 4.36 Å². The summed E-state index contributed by atoms with van der Waals surface area (Å²) in [6.07, 6.45) is 5.94. The fourth-order valence-electron chi connectivity index (χ4n) is 4.79. The first kappa shape index (κ1) is 24.1. The van der Waals surface area contributed by atoms with Gasteiger partial charge in [0.05, 0.1) is 39.8 Å². The van der Waals surface area contributed by atoms with Crippen LogP contribution in [0.2, 0.25) is 0 Å². The molecule has 3 aromatic rings. The lowest BCUT2D eigenvalue weighted by molar-refractivity contribution is 0.0990. The average Bonchev–Trinajstić information content (AvgIpc) is 3.34. The summed E-state index contributed by atoms with van der Waals surface area (Å²) in [5, 5.41) is 0.940. The molecule has 7 nitrogen and oxygen atoms in total. The number of hydrogen-bond acceptors (Lipinski definition) is 7. The van der Waals surface area contributed by atoms with Crippen LogP contribution >= 0.6 is 0 Å². The van der Waals surface area contributed by atoms with Crippen molar-refractivity contribution in [2.45, 2.75) is 44.0 Å². The van der Waals surface area contributed by atoms with Crippen LogP contribution in [-0.2, 0) is 25.6 Å². The molecule has 0 saturated carbocycles. The van der Waals surface area contributed by atoms with E-state index in [1.165, 1.54) is 18.5 Å². The Hall–Kier alpha value is -2.62. The zero-order chi connectivity index (χ0) is 24.4. The highest BCUT2D eigenvalue weighted by atomic mass is 32.2. The number of ether oxygens (including phenoxy) is 3. The maximum Gasteiger partial charge on any atom is 0.126 e. The average molecular weight is 500 g/mol. The van der Waals surface area contributed by atoms with E-state index in [4.69, 9.17) is 14.2 Å². The van der Waals surface area contributed by atoms with Crippen LogP contribution < -0.4 is 4.74 Å². The van der Waals surface area contributed by atoms with Gasteiger partial charge in [0, 0.05) is 54.6 Å². The predicted molar refractivity (Wildman–Crippen MR) is 133 cm³/mol. The van der Waals surface area contributed by atoms with E-state index in [1.807, 2.05) is 19.1 Å². The highest BCUT2D eigenvalue weighted by Gasteiger charge is 2.23. The third kappa shape index (κ3) is 5.47. The van der Waals surface area contributed by atoms with Gasteiger partial charge in [-0.05, 0) is 43.5 Å². The Morgan fingerprint density at radius 3 is 2.69 bits per heavy atom. The molecular formula is C26H30FN3O4S. The van der Waals surface area contributed by atoms with Crippen LogP contribution in [-0.4, -0.2) is 58.2 Å². The second kappa shape index (κ2) is 10.2. The van der Waals surface area contributed by atoms with E-state index in [0.717, 1.165) is 47.0 Å². The topological polar surface area (TPSA) is 82.9 Å². The smallest absolute Gasteiger partial charge is 0.126 e. The van der Waals surface area contributed by atoms with Gasteiger partial charge >= 0.3 is 0 Å². The summed E-state index contributed by atoms with van der Waals surface area (Å²) >= 11 is 0. The van der Waals surface area contributed by atoms with Crippen molar-refractivity contribution in [3.63, 3.8) is 0 Å². The molecule has 2 atom stereocenters. The molecule has 1 aromatic heterocycles. The summed E-state index contributed by atoms with van der Waals surface area (Å²) < 4.78 is 48.9. The Balaban J connectivity index is 1.48. The molecule has 5 rings (SSSR count). The Morgan fingerprint density at radius 2 is 1.91 bits per heavy atom. The molecule has 2 aliphatic heterocycles. The van der Waals surface area contributed by atoms with E-state index in [2.05, 4.69) is 14.3 Å². The number of fused-ring (bicyclic) bond motifs is 1. The van der Waals surface area contributed by atoms with Crippen molar-refractivity contribution >= 4 is 26.3 Å². The standard InChI is InChI=1S/C26H30FN3O4S/c1-17-11-20(30-35(2,31)22-6-9-32-10-7-22)14-24-26(17)23(28-16-29-24)12-18-3-4-19(27)13-25(18)34-21-5-8-33-15-21/h3-4,11,13-14,16,21-22H,5-10,12,15H2,1-2H3/t21-,35?/m0/s1. The van der Waals surface area contributed by atoms with Gasteiger partial charge in [-0.3, -0.25) is 0 Å². The molecule has 0 aliphatic carbocycles. The highest BCUT2D eigenvalue weighted by Crippen LogP contribution is 2.31. The zero-order valence-electron chi connectivity index (χ0n) is 20.0. The molecule has 2 aromatic carbocycles. The van der Waals surface area contributed by atoms with Gasteiger partial charge < -0.3 is 14.2 Å². The first-order valence-corrected chi connectivity index (χ1v) is 13.9. The van der Waals surface area contributed by atoms with Crippen LogP contribution in [0.1, 0.15) is 36.1 Å². The van der Waals surface area contributed by atoms with Crippen LogP contribution in [0.3, 0.4) is 0 Å². The Labute approximate surface area is 205 Å². The van der Waals surface area contributed by atoms with Crippen molar-refractivity contribution in [1.82, 2.24) is 9.97 Å². The highest BCUT2D eigenvalue weighted by molar-refractivity contribution is 7.93. The number of aromatic nitrogens is 2. The van der Waals surface area contributed by atoms with Crippen molar-refractivity contribution < 1.29 is 22.8 Å². The number of benzene rings is 2. The summed E-state index contributed by atoms with van der Waals surface area (Å²) in [6, 6.07) is 8.42. The SMILES string of the molecule is Cc1cc(N=S(C)(=O)C2CCOCC2)cc2ncnc(Cc3ccc(F)cc3O[C@H]3CCOC3)c12. The minimum absolute atomic E-state index is 0.0235. The van der Waals surface area contributed by atoms with Crippen molar-refractivity contribution in [1.29, 1.82) is 0 Å². The fraction of sp³-hybridized carbons (Fsp3) is 0.462. The first-order valence-electron chi connectivity index (χ1n) is 11.9. The molecule has 9 heteroatoms. The minimum Gasteiger partial charge on any atom is -0.488 e. The Bertz CT molecular complexity index is 1340. The van der Waals surface area contributed by atoms with Gasteiger partial charge in [-0.2, -0.15) is 4.36 Å². The molecule has 35 heavy (non-hydrogen) atoms. The van der Waals surface area contributed by atoms with Crippen LogP contribution in [0.25, 0.3) is 10.9 Å². The quantitative estimate of drug-likeness (QED) is 0.487. The lowest BCUT2D eigenvalue weighted by Crippen LogP contribution is -2.27. The second-order valence-electron chi connectivity index (χ2n) is 9.27. The molecule has 1 unspecified atom stereocenters. The largest absolute Gasteiger partial charge is 0.488 e. The summed E-state index contributed by atoms with van der Waals surface area (Å²) in [7, 11) is -2.41. The molecule has 2 fully saturated rings. The van der Waals surface area contributed by atoms with Crippen molar-refractivity contribution in [3.8, 4) is 5.75 Å². The normalized spacial score (nSPS) is 20.6. The lowest BCUT2D eigenvalue weighted by Gasteiger charge is -2.23. The number of halogens is 1. The molecule has 2 saturated heterocycles. The van der Waals surface area contributed by atoms with E-state index in [1.54, 1.807) is 12.3 Å². The predicted octanol–water partition coefficient (Wildman–Crippen LogP) is 4.74. The van der Waals surface area contributed by atoms with Crippen molar-refractivity contribution in [3.05, 3.63) is 59.3 Å². The Kier molecular flexibility index (Phi) is 7.00. The van der Waals surface area contributed by atoms with Gasteiger partial charge in [-0.15, -0.1) is 0 Å². The van der Waals surface area contributed by atoms with E-state index in [0.29, 0.717) is 44.3 Å². The van der Waals surface area contributed by atoms with Gasteiger partial charge in [-0.1, -0.05) is 6.07 Å². The monoisotopic (exact) mass is 499 g/mol. The number of rotatable bonds is 6. The van der Waals surface area contributed by atoms with Crippen molar-refractivity contribution in [2.75, 3.05) is 32.7 Å². The molecule has 3 heterocycles. The van der Waals surface area contributed by atoms with Crippen LogP contribution in [0.4, 0.5) is 10.1 Å². The van der Waals surface area contributed by atoms with E-state index in [9.17, 15) is 8.60 Å². The fourth-order valence-corrected chi connectivity index (χ4v) is 6.53. The molecule has 0 bridgehead atoms. The number of nitrogens with zero attached hydrogens (tertiary/aromatic N) is 3. The minimum atomic E-state index is -2.41. The van der Waals surface area contributed by atoms with Crippen LogP contribution in [0.15, 0.2) is 41.0 Å². The third-order valence-corrected chi connectivity index (χ3v) is 8.92. The molecule has 0 N–H and O–H groups in total. The van der Waals surface area contributed by atoms with Crippen LogP contribution in [0, 0.1) is 12.7 Å². The van der Waals surface area contributed by atoms with Gasteiger partial charge in [0.1, 0.15) is 24.0 Å². The summed E-state index contributed by atoms with van der Waals surface area (Å²) in [5.41, 5.74) is 4.02. The zero-order valence-corrected chi connectivity index (χ0v) is 20.9. The second-order valence-corrected chi connectivity index (χ2v) is 11.8. The summed E-state index contributed by atoms with van der Waals surface area (Å²) in [4.78, 5) is 9.03. The molecule has 0 amide bonds. The lowest BCUT2D eigenvalue weighted by atomic mass is 10.0. The molecule has 186 valence electrons. The van der Waals surface area contributed by atoms with E-state index >= 15 is 0 Å². The number of aryl methyl sites for hydroxylation is 1.